The average Bonchev–Trinajstić information content (AvgIpc) is 3.48. The maximum atomic E-state index is 13.5. The molecule has 0 fully saturated rings. The van der Waals surface area contributed by atoms with Gasteiger partial charge < -0.3 is 9.47 Å². The summed E-state index contributed by atoms with van der Waals surface area (Å²) in [7, 11) is 0. The van der Waals surface area contributed by atoms with E-state index in [1.54, 1.807) is 6.20 Å². The number of hydrogen-bond donors (Lipinski definition) is 0. The molecule has 0 unspecified atom stereocenters. The number of imidazole rings is 1. The lowest BCUT2D eigenvalue weighted by Crippen LogP contribution is -2.30. The molecule has 1 amide bonds. The monoisotopic (exact) mass is 435 g/mol. The van der Waals surface area contributed by atoms with Crippen molar-refractivity contribution >= 4 is 11.4 Å². The Bertz CT molecular complexity index is 1370. The third kappa shape index (κ3) is 4.28. The number of carbonyl (C=O) groups is 1. The van der Waals surface area contributed by atoms with Crippen LogP contribution in [0.1, 0.15) is 28.5 Å². The van der Waals surface area contributed by atoms with Crippen molar-refractivity contribution in [3.8, 4) is 11.4 Å². The summed E-state index contributed by atoms with van der Waals surface area (Å²) in [5.41, 5.74) is 4.48. The highest BCUT2D eigenvalue weighted by Gasteiger charge is 2.23. The van der Waals surface area contributed by atoms with Crippen LogP contribution in [-0.2, 0) is 13.1 Å². The summed E-state index contributed by atoms with van der Waals surface area (Å²) in [6.07, 6.45) is 9.69. The van der Waals surface area contributed by atoms with Gasteiger partial charge in [-0.05, 0) is 42.3 Å². The largest absolute Gasteiger partial charge is 0.349 e. The van der Waals surface area contributed by atoms with E-state index in [-0.39, 0.29) is 5.91 Å². The highest BCUT2D eigenvalue weighted by molar-refractivity contribution is 6.00. The van der Waals surface area contributed by atoms with Crippen LogP contribution in [0.2, 0.25) is 0 Å². The molecule has 33 heavy (non-hydrogen) atoms. The molecule has 5 aromatic rings. The number of rotatable bonds is 7. The van der Waals surface area contributed by atoms with E-state index in [1.807, 2.05) is 95.5 Å². The van der Waals surface area contributed by atoms with Crippen molar-refractivity contribution in [2.24, 2.45) is 0 Å². The summed E-state index contributed by atoms with van der Waals surface area (Å²) >= 11 is 0. The fourth-order valence-electron chi connectivity index (χ4n) is 4.05. The van der Waals surface area contributed by atoms with Crippen LogP contribution in [0.5, 0.6) is 0 Å². The van der Waals surface area contributed by atoms with E-state index < -0.39 is 0 Å². The molecule has 6 nitrogen and oxygen atoms in total. The quantitative estimate of drug-likeness (QED) is 0.365. The van der Waals surface area contributed by atoms with E-state index in [0.29, 0.717) is 18.8 Å². The second-order valence-electron chi connectivity index (χ2n) is 7.98. The first-order valence-electron chi connectivity index (χ1n) is 11.1. The predicted molar refractivity (Wildman–Crippen MR) is 129 cm³/mol. The Kier molecular flexibility index (Phi) is 5.72. The first-order chi connectivity index (χ1) is 16.2. The van der Waals surface area contributed by atoms with E-state index in [1.165, 1.54) is 0 Å². The Morgan fingerprint density at radius 3 is 2.55 bits per heavy atom. The van der Waals surface area contributed by atoms with Crippen molar-refractivity contribution < 1.29 is 4.79 Å². The second kappa shape index (κ2) is 9.12. The number of benzene rings is 1. The molecule has 164 valence electrons. The Morgan fingerprint density at radius 1 is 0.939 bits per heavy atom. The van der Waals surface area contributed by atoms with Gasteiger partial charge in [0.25, 0.3) is 5.91 Å². The zero-order valence-electron chi connectivity index (χ0n) is 18.5. The summed E-state index contributed by atoms with van der Waals surface area (Å²) in [6, 6.07) is 21.9. The first kappa shape index (κ1) is 20.7. The standard InChI is InChI=1S/C27H25N5O/c1-2-31(19-21-9-4-3-5-10-21)27(33)25-24-12-6-7-15-32(24)26(29-25)23-13-16-30(20-23)18-22-11-8-14-28-17-22/h3-17,20H,2,18-19H2,1H3. The molecule has 0 aliphatic rings. The van der Waals surface area contributed by atoms with Gasteiger partial charge in [-0.2, -0.15) is 0 Å². The van der Waals surface area contributed by atoms with Crippen LogP contribution in [-0.4, -0.2) is 36.3 Å². The van der Waals surface area contributed by atoms with Crippen LogP contribution >= 0.6 is 0 Å². The maximum Gasteiger partial charge on any atom is 0.275 e. The van der Waals surface area contributed by atoms with Crippen molar-refractivity contribution in [2.45, 2.75) is 20.0 Å². The summed E-state index contributed by atoms with van der Waals surface area (Å²) in [6.45, 7) is 3.89. The summed E-state index contributed by atoms with van der Waals surface area (Å²) in [4.78, 5) is 24.4. The van der Waals surface area contributed by atoms with Gasteiger partial charge in [-0.1, -0.05) is 42.5 Å². The van der Waals surface area contributed by atoms with Crippen LogP contribution in [0.15, 0.2) is 97.7 Å². The lowest BCUT2D eigenvalue weighted by Gasteiger charge is -2.20. The molecule has 0 saturated carbocycles. The Balaban J connectivity index is 1.48. The molecule has 0 spiro atoms. The van der Waals surface area contributed by atoms with Gasteiger partial charge in [-0.25, -0.2) is 4.98 Å². The molecule has 6 heteroatoms. The summed E-state index contributed by atoms with van der Waals surface area (Å²) < 4.78 is 4.10. The lowest BCUT2D eigenvalue weighted by atomic mass is 10.2. The highest BCUT2D eigenvalue weighted by atomic mass is 16.2. The summed E-state index contributed by atoms with van der Waals surface area (Å²) in [5, 5.41) is 0. The molecule has 0 N–H and O–H groups in total. The van der Waals surface area contributed by atoms with E-state index in [0.717, 1.165) is 34.6 Å². The molecule has 0 radical (unpaired) electrons. The summed E-state index contributed by atoms with van der Waals surface area (Å²) in [5.74, 6) is 0.695. The van der Waals surface area contributed by atoms with Crippen molar-refractivity contribution in [1.29, 1.82) is 0 Å². The number of aromatic nitrogens is 4. The van der Waals surface area contributed by atoms with E-state index in [2.05, 4.69) is 21.8 Å². The topological polar surface area (TPSA) is 55.4 Å². The van der Waals surface area contributed by atoms with Crippen LogP contribution in [0, 0.1) is 0 Å². The third-order valence-electron chi connectivity index (χ3n) is 5.73. The number of nitrogens with zero attached hydrogens (tertiary/aromatic N) is 5. The van der Waals surface area contributed by atoms with Gasteiger partial charge in [0, 0.05) is 56.2 Å². The SMILES string of the molecule is CCN(Cc1ccccc1)C(=O)c1nc(-c2ccn(Cc3cccnc3)c2)n2ccccc12. The van der Waals surface area contributed by atoms with Gasteiger partial charge in [0.15, 0.2) is 5.69 Å². The molecular formula is C27H25N5O. The Morgan fingerprint density at radius 2 is 1.76 bits per heavy atom. The van der Waals surface area contributed by atoms with E-state index in [4.69, 9.17) is 4.98 Å². The van der Waals surface area contributed by atoms with Crippen molar-refractivity contribution in [1.82, 2.24) is 23.8 Å². The Labute approximate surface area is 192 Å². The van der Waals surface area contributed by atoms with Gasteiger partial charge in [-0.3, -0.25) is 14.2 Å². The minimum absolute atomic E-state index is 0.0638. The normalized spacial score (nSPS) is 11.1. The van der Waals surface area contributed by atoms with E-state index in [9.17, 15) is 4.79 Å². The number of pyridine rings is 2. The van der Waals surface area contributed by atoms with Crippen molar-refractivity contribution in [2.75, 3.05) is 6.54 Å². The molecular weight excluding hydrogens is 410 g/mol. The number of amides is 1. The van der Waals surface area contributed by atoms with E-state index >= 15 is 0 Å². The molecule has 4 aromatic heterocycles. The van der Waals surface area contributed by atoms with Gasteiger partial charge >= 0.3 is 0 Å². The molecule has 1 aromatic carbocycles. The number of fused-ring (bicyclic) bond motifs is 1. The zero-order valence-corrected chi connectivity index (χ0v) is 18.5. The smallest absolute Gasteiger partial charge is 0.275 e. The fourth-order valence-corrected chi connectivity index (χ4v) is 4.05. The molecule has 0 saturated heterocycles. The zero-order chi connectivity index (χ0) is 22.6. The van der Waals surface area contributed by atoms with Crippen molar-refractivity contribution in [3.05, 3.63) is 115 Å². The van der Waals surface area contributed by atoms with Crippen LogP contribution in [0.4, 0.5) is 0 Å². The first-order valence-corrected chi connectivity index (χ1v) is 11.1. The molecule has 4 heterocycles. The lowest BCUT2D eigenvalue weighted by molar-refractivity contribution is 0.0749. The average molecular weight is 436 g/mol. The van der Waals surface area contributed by atoms with Gasteiger partial charge in [0.2, 0.25) is 0 Å². The minimum Gasteiger partial charge on any atom is -0.349 e. The molecule has 0 bridgehead atoms. The van der Waals surface area contributed by atoms with Gasteiger partial charge in [0.1, 0.15) is 5.82 Å². The minimum atomic E-state index is -0.0638. The molecule has 0 aliphatic heterocycles. The van der Waals surface area contributed by atoms with Gasteiger partial charge in [-0.15, -0.1) is 0 Å². The van der Waals surface area contributed by atoms with Crippen LogP contribution in [0.3, 0.4) is 0 Å². The second-order valence-corrected chi connectivity index (χ2v) is 7.98. The third-order valence-corrected chi connectivity index (χ3v) is 5.73. The van der Waals surface area contributed by atoms with Crippen molar-refractivity contribution in [3.63, 3.8) is 0 Å². The highest BCUT2D eigenvalue weighted by Crippen LogP contribution is 2.25. The number of carbonyl (C=O) groups excluding carboxylic acids is 1. The maximum absolute atomic E-state index is 13.5. The molecule has 5 rings (SSSR count). The number of hydrogen-bond acceptors (Lipinski definition) is 3. The van der Waals surface area contributed by atoms with Gasteiger partial charge in [0.05, 0.1) is 5.52 Å². The molecule has 0 atom stereocenters. The Hall–Kier alpha value is -4.19. The fraction of sp³-hybridized carbons (Fsp3) is 0.148. The van der Waals surface area contributed by atoms with Crippen LogP contribution < -0.4 is 0 Å². The molecule has 0 aliphatic carbocycles. The predicted octanol–water partition coefficient (Wildman–Crippen LogP) is 4.91. The van der Waals surface area contributed by atoms with Crippen LogP contribution in [0.25, 0.3) is 16.9 Å².